The predicted octanol–water partition coefficient (Wildman–Crippen LogP) is 2.08. The third-order valence-electron chi connectivity index (χ3n) is 6.03. The average Bonchev–Trinajstić information content (AvgIpc) is 3.57. The Hall–Kier alpha value is -3.83. The number of rotatable bonds is 6. The first-order chi connectivity index (χ1) is 16.5. The van der Waals surface area contributed by atoms with E-state index < -0.39 is 0 Å². The van der Waals surface area contributed by atoms with Gasteiger partial charge in [0.05, 0.1) is 26.4 Å². The van der Waals surface area contributed by atoms with Crippen molar-refractivity contribution in [2.24, 2.45) is 0 Å². The number of hydrogen-bond acceptors (Lipinski definition) is 8. The molecule has 34 heavy (non-hydrogen) atoms. The monoisotopic (exact) mass is 464 g/mol. The van der Waals surface area contributed by atoms with Crippen LogP contribution in [0.15, 0.2) is 48.5 Å². The van der Waals surface area contributed by atoms with E-state index in [9.17, 15) is 9.59 Å². The number of Topliss-reactive ketones (excluding diaryl/α,β-unsaturated/α-hetero) is 1. The minimum Gasteiger partial charge on any atom is -0.497 e. The first kappa shape index (κ1) is 22.0. The van der Waals surface area contributed by atoms with Crippen LogP contribution in [0.1, 0.15) is 23.3 Å². The van der Waals surface area contributed by atoms with Gasteiger partial charge in [-0.25, -0.2) is 9.48 Å². The van der Waals surface area contributed by atoms with E-state index in [1.54, 1.807) is 36.1 Å². The maximum Gasteiger partial charge on any atom is 0.319 e. The number of urea groups is 1. The van der Waals surface area contributed by atoms with E-state index in [2.05, 4.69) is 26.2 Å². The summed E-state index contributed by atoms with van der Waals surface area (Å²) in [6.07, 6.45) is -0.647. The summed E-state index contributed by atoms with van der Waals surface area (Å²) in [7, 11) is 1.61. The van der Waals surface area contributed by atoms with Gasteiger partial charge in [-0.3, -0.25) is 4.79 Å². The lowest BCUT2D eigenvalue weighted by Gasteiger charge is -2.18. The lowest BCUT2D eigenvalue weighted by atomic mass is 10.1. The normalized spacial score (nSPS) is 23.4. The second kappa shape index (κ2) is 9.20. The molecule has 5 rings (SSSR count). The van der Waals surface area contributed by atoms with Crippen LogP contribution in [0.3, 0.4) is 0 Å². The van der Waals surface area contributed by atoms with Crippen molar-refractivity contribution < 1.29 is 23.8 Å². The number of fused-ring (bicyclic) bond motifs is 1. The van der Waals surface area contributed by atoms with Crippen molar-refractivity contribution in [3.05, 3.63) is 54.1 Å². The highest BCUT2D eigenvalue weighted by Gasteiger charge is 2.50. The molecule has 1 aromatic heterocycles. The number of benzene rings is 2. The van der Waals surface area contributed by atoms with Crippen LogP contribution in [-0.4, -0.2) is 70.6 Å². The Labute approximate surface area is 195 Å². The summed E-state index contributed by atoms with van der Waals surface area (Å²) in [5.74, 6) is 1.26. The molecule has 2 aromatic carbocycles. The molecule has 3 aromatic rings. The Morgan fingerprint density at radius 2 is 1.88 bits per heavy atom. The highest BCUT2D eigenvalue weighted by molar-refractivity contribution is 5.95. The molecule has 0 unspecified atom stereocenters. The van der Waals surface area contributed by atoms with Crippen molar-refractivity contribution in [3.8, 4) is 17.1 Å². The van der Waals surface area contributed by atoms with Crippen LogP contribution in [0.5, 0.6) is 5.75 Å². The highest BCUT2D eigenvalue weighted by Crippen LogP contribution is 2.36. The van der Waals surface area contributed by atoms with E-state index in [1.807, 2.05) is 24.3 Å². The van der Waals surface area contributed by atoms with Gasteiger partial charge < -0.3 is 24.8 Å². The van der Waals surface area contributed by atoms with Gasteiger partial charge in [-0.1, -0.05) is 12.1 Å². The molecule has 4 atom stereocenters. The summed E-state index contributed by atoms with van der Waals surface area (Å²) in [6, 6.07) is 13.3. The van der Waals surface area contributed by atoms with Gasteiger partial charge in [0, 0.05) is 16.8 Å². The average molecular weight is 464 g/mol. The number of carbonyl (C=O) groups is 2. The summed E-state index contributed by atoms with van der Waals surface area (Å²) in [5.41, 5.74) is 1.98. The first-order valence-corrected chi connectivity index (χ1v) is 10.9. The van der Waals surface area contributed by atoms with E-state index in [0.717, 1.165) is 5.56 Å². The van der Waals surface area contributed by atoms with Crippen LogP contribution >= 0.6 is 0 Å². The highest BCUT2D eigenvalue weighted by atomic mass is 16.6. The Balaban J connectivity index is 1.25. The number of hydrogen-bond donors (Lipinski definition) is 2. The molecule has 11 heteroatoms. The van der Waals surface area contributed by atoms with Crippen molar-refractivity contribution in [2.45, 2.75) is 31.2 Å². The number of tetrazole rings is 1. The van der Waals surface area contributed by atoms with E-state index in [0.29, 0.717) is 36.0 Å². The summed E-state index contributed by atoms with van der Waals surface area (Å²) in [6.45, 7) is 2.15. The van der Waals surface area contributed by atoms with Crippen LogP contribution < -0.4 is 15.4 Å². The van der Waals surface area contributed by atoms with Gasteiger partial charge in [0.15, 0.2) is 11.6 Å². The summed E-state index contributed by atoms with van der Waals surface area (Å²) in [5, 5.41) is 17.9. The fourth-order valence-corrected chi connectivity index (χ4v) is 4.31. The molecule has 0 bridgehead atoms. The number of methoxy groups -OCH3 is 1. The summed E-state index contributed by atoms with van der Waals surface area (Å²) >= 11 is 0. The van der Waals surface area contributed by atoms with Gasteiger partial charge in [0.1, 0.15) is 24.0 Å². The van der Waals surface area contributed by atoms with E-state index in [4.69, 9.17) is 14.2 Å². The number of nitrogens with one attached hydrogen (secondary N) is 2. The second-order valence-corrected chi connectivity index (χ2v) is 8.18. The molecule has 2 N–H and O–H groups in total. The van der Waals surface area contributed by atoms with Crippen molar-refractivity contribution in [1.82, 2.24) is 25.5 Å². The van der Waals surface area contributed by atoms with Gasteiger partial charge in [0.25, 0.3) is 0 Å². The fourth-order valence-electron chi connectivity index (χ4n) is 4.31. The predicted molar refractivity (Wildman–Crippen MR) is 121 cm³/mol. The van der Waals surface area contributed by atoms with Crippen molar-refractivity contribution in [2.75, 3.05) is 25.6 Å². The molecular weight excluding hydrogens is 440 g/mol. The molecule has 2 fully saturated rings. The number of nitrogens with zero attached hydrogens (tertiary/aromatic N) is 4. The topological polar surface area (TPSA) is 129 Å². The molecule has 2 amide bonds. The van der Waals surface area contributed by atoms with Crippen LogP contribution in [0.4, 0.5) is 10.5 Å². The quantitative estimate of drug-likeness (QED) is 0.531. The van der Waals surface area contributed by atoms with Crippen LogP contribution in [0.2, 0.25) is 0 Å². The van der Waals surface area contributed by atoms with Crippen molar-refractivity contribution in [1.29, 1.82) is 0 Å². The minimum atomic E-state index is -0.378. The zero-order valence-electron chi connectivity index (χ0n) is 18.7. The van der Waals surface area contributed by atoms with Crippen LogP contribution in [-0.2, 0) is 9.47 Å². The number of carbonyl (C=O) groups excluding carboxylic acids is 2. The summed E-state index contributed by atoms with van der Waals surface area (Å²) < 4.78 is 19.0. The van der Waals surface area contributed by atoms with Crippen LogP contribution in [0, 0.1) is 0 Å². The zero-order valence-corrected chi connectivity index (χ0v) is 18.7. The van der Waals surface area contributed by atoms with Crippen molar-refractivity contribution >= 4 is 17.5 Å². The number of anilines is 1. The molecule has 2 aliphatic rings. The lowest BCUT2D eigenvalue weighted by Crippen LogP contribution is -2.45. The maximum absolute atomic E-state index is 12.5. The number of ketones is 1. The Morgan fingerprint density at radius 3 is 2.65 bits per heavy atom. The molecule has 11 nitrogen and oxygen atoms in total. The fraction of sp³-hybridized carbons (Fsp3) is 0.348. The van der Waals surface area contributed by atoms with Gasteiger partial charge >= 0.3 is 6.03 Å². The number of amides is 2. The van der Waals surface area contributed by atoms with Gasteiger partial charge in [-0.2, -0.15) is 0 Å². The Kier molecular flexibility index (Phi) is 5.95. The number of ether oxygens (including phenoxy) is 3. The van der Waals surface area contributed by atoms with Crippen LogP contribution in [0.25, 0.3) is 11.4 Å². The largest absolute Gasteiger partial charge is 0.497 e. The molecular formula is C23H24N6O5. The molecule has 0 saturated carbocycles. The van der Waals surface area contributed by atoms with E-state index >= 15 is 0 Å². The van der Waals surface area contributed by atoms with E-state index in [1.165, 1.54) is 6.92 Å². The minimum absolute atomic E-state index is 0.0322. The van der Waals surface area contributed by atoms with Crippen molar-refractivity contribution in [3.63, 3.8) is 0 Å². The maximum atomic E-state index is 12.5. The summed E-state index contributed by atoms with van der Waals surface area (Å²) in [4.78, 5) is 23.9. The zero-order chi connectivity index (χ0) is 23.7. The molecule has 0 spiro atoms. The smallest absolute Gasteiger partial charge is 0.319 e. The second-order valence-electron chi connectivity index (χ2n) is 8.18. The third-order valence-corrected chi connectivity index (χ3v) is 6.03. The lowest BCUT2D eigenvalue weighted by molar-refractivity contribution is 0.0624. The van der Waals surface area contributed by atoms with Gasteiger partial charge in [-0.15, -0.1) is 5.10 Å². The first-order valence-electron chi connectivity index (χ1n) is 10.9. The SMILES string of the molecule is COc1cccc(-c2nnnn2[C@H]2CO[C@H]3[C@@H]2OC[C@@H]3NC(=O)Nc2ccc(C(C)=O)cc2)c1. The molecule has 2 aliphatic heterocycles. The third kappa shape index (κ3) is 4.22. The number of aromatic nitrogens is 4. The Bertz CT molecular complexity index is 1200. The molecule has 176 valence electrons. The molecule has 0 radical (unpaired) electrons. The van der Waals surface area contributed by atoms with E-state index in [-0.39, 0.29) is 36.1 Å². The molecule has 3 heterocycles. The van der Waals surface area contributed by atoms with Gasteiger partial charge in [0.2, 0.25) is 0 Å². The standard InChI is InChI=1S/C23H24N6O5/c1-13(30)14-6-8-16(9-7-14)24-23(31)25-18-11-33-21-19(12-34-20(18)21)29-22(26-27-28-29)15-4-3-5-17(10-15)32-2/h3-10,18-21H,11-12H2,1-2H3,(H2,24,25,31)/t18-,19-,20+,21+/m0/s1. The molecule has 0 aliphatic carbocycles. The molecule has 2 saturated heterocycles. The van der Waals surface area contributed by atoms with Gasteiger partial charge in [-0.05, 0) is 53.7 Å². The Morgan fingerprint density at radius 1 is 1.09 bits per heavy atom.